The predicted octanol–water partition coefficient (Wildman–Crippen LogP) is 1.67. The number of anilines is 1. The number of alkyl halides is 3. The molecule has 0 aliphatic heterocycles. The summed E-state index contributed by atoms with van der Waals surface area (Å²) in [6.45, 7) is -2.02. The van der Waals surface area contributed by atoms with Crippen LogP contribution in [0, 0.1) is 0 Å². The van der Waals surface area contributed by atoms with Crippen LogP contribution in [0.25, 0.3) is 0 Å². The molecule has 0 fully saturated rings. The van der Waals surface area contributed by atoms with Gasteiger partial charge >= 0.3 is 12.2 Å². The van der Waals surface area contributed by atoms with Crippen molar-refractivity contribution in [2.45, 2.75) is 11.1 Å². The van der Waals surface area contributed by atoms with Crippen molar-refractivity contribution in [2.75, 3.05) is 38.3 Å². The average molecular weight is 392 g/mol. The number of hydrogen-bond donors (Lipinski definition) is 3. The summed E-state index contributed by atoms with van der Waals surface area (Å²) in [6, 6.07) is 5.94. The molecule has 3 N–H and O–H groups in total. The van der Waals surface area contributed by atoms with Gasteiger partial charge in [0.15, 0.2) is 0 Å². The van der Waals surface area contributed by atoms with E-state index in [4.69, 9.17) is 0 Å². The Bertz CT molecular complexity index is 655. The molecule has 0 unspecified atom stereocenters. The summed E-state index contributed by atoms with van der Waals surface area (Å²) in [7, 11) is 1.47. The SMILES string of the molecule is CSc1ccccc1NC(=O)CN(C)CC(=O)NC(=O)NCC(F)(F)F. The van der Waals surface area contributed by atoms with Gasteiger partial charge in [-0.2, -0.15) is 13.2 Å². The standard InChI is InChI=1S/C15H19F3N4O3S/c1-22(8-13(24)21-14(25)19-9-15(16,17)18)7-12(23)20-10-5-3-4-6-11(10)26-2/h3-6H,7-9H2,1-2H3,(H,20,23)(H2,19,21,24,25). The van der Waals surface area contributed by atoms with Crippen LogP contribution in [0.5, 0.6) is 0 Å². The van der Waals surface area contributed by atoms with E-state index in [2.05, 4.69) is 5.32 Å². The first-order valence-electron chi connectivity index (χ1n) is 7.36. The summed E-state index contributed by atoms with van der Waals surface area (Å²) in [6.07, 6.45) is -2.70. The second kappa shape index (κ2) is 10.0. The van der Waals surface area contributed by atoms with Crippen LogP contribution in [0.2, 0.25) is 0 Å². The van der Waals surface area contributed by atoms with Crippen molar-refractivity contribution in [1.82, 2.24) is 15.5 Å². The van der Waals surface area contributed by atoms with Gasteiger partial charge in [0.1, 0.15) is 6.54 Å². The number of carbonyl (C=O) groups is 3. The van der Waals surface area contributed by atoms with E-state index in [0.29, 0.717) is 5.69 Å². The average Bonchev–Trinajstić information content (AvgIpc) is 2.52. The summed E-state index contributed by atoms with van der Waals surface area (Å²) < 4.78 is 35.9. The molecule has 0 spiro atoms. The predicted molar refractivity (Wildman–Crippen MR) is 91.9 cm³/mol. The van der Waals surface area contributed by atoms with E-state index in [-0.39, 0.29) is 19.0 Å². The third kappa shape index (κ3) is 8.72. The number of benzene rings is 1. The Morgan fingerprint density at radius 2 is 1.73 bits per heavy atom. The first kappa shape index (κ1) is 21.8. The first-order valence-corrected chi connectivity index (χ1v) is 8.59. The van der Waals surface area contributed by atoms with Gasteiger partial charge in [-0.05, 0) is 25.4 Å². The van der Waals surface area contributed by atoms with Gasteiger partial charge in [0.2, 0.25) is 11.8 Å². The van der Waals surface area contributed by atoms with Crippen LogP contribution in [-0.2, 0) is 9.59 Å². The highest BCUT2D eigenvalue weighted by Crippen LogP contribution is 2.24. The minimum atomic E-state index is -4.57. The normalized spacial score (nSPS) is 11.2. The molecule has 1 aromatic rings. The highest BCUT2D eigenvalue weighted by Gasteiger charge is 2.28. The molecule has 0 bridgehead atoms. The van der Waals surface area contributed by atoms with Crippen LogP contribution in [0.3, 0.4) is 0 Å². The quantitative estimate of drug-likeness (QED) is 0.614. The van der Waals surface area contributed by atoms with Gasteiger partial charge in [0, 0.05) is 4.90 Å². The van der Waals surface area contributed by atoms with Gasteiger partial charge in [-0.3, -0.25) is 19.8 Å². The van der Waals surface area contributed by atoms with Crippen molar-refractivity contribution in [3.05, 3.63) is 24.3 Å². The Labute approximate surface area is 152 Å². The van der Waals surface area contributed by atoms with Crippen LogP contribution in [0.1, 0.15) is 0 Å². The lowest BCUT2D eigenvalue weighted by atomic mass is 10.3. The molecule has 7 nitrogen and oxygen atoms in total. The lowest BCUT2D eigenvalue weighted by Crippen LogP contribution is -2.47. The molecule has 144 valence electrons. The van der Waals surface area contributed by atoms with E-state index in [0.717, 1.165) is 4.90 Å². The van der Waals surface area contributed by atoms with E-state index in [1.807, 2.05) is 18.4 Å². The van der Waals surface area contributed by atoms with Crippen molar-refractivity contribution in [2.24, 2.45) is 0 Å². The highest BCUT2D eigenvalue weighted by molar-refractivity contribution is 7.98. The Morgan fingerprint density at radius 3 is 2.35 bits per heavy atom. The highest BCUT2D eigenvalue weighted by atomic mass is 32.2. The van der Waals surface area contributed by atoms with E-state index in [1.165, 1.54) is 29.0 Å². The molecule has 0 aliphatic rings. The maximum atomic E-state index is 12.0. The molecular weight excluding hydrogens is 373 g/mol. The van der Waals surface area contributed by atoms with Gasteiger partial charge < -0.3 is 10.6 Å². The van der Waals surface area contributed by atoms with Gasteiger partial charge in [-0.25, -0.2) is 4.79 Å². The summed E-state index contributed by atoms with van der Waals surface area (Å²) >= 11 is 1.46. The van der Waals surface area contributed by atoms with Gasteiger partial charge in [-0.1, -0.05) is 12.1 Å². The molecule has 4 amide bonds. The van der Waals surface area contributed by atoms with E-state index >= 15 is 0 Å². The number of likely N-dealkylation sites (N-methyl/N-ethyl adjacent to an activating group) is 1. The van der Waals surface area contributed by atoms with Crippen molar-refractivity contribution in [1.29, 1.82) is 0 Å². The van der Waals surface area contributed by atoms with Crippen molar-refractivity contribution < 1.29 is 27.6 Å². The first-order chi connectivity index (χ1) is 12.1. The Kier molecular flexibility index (Phi) is 8.39. The second-order valence-electron chi connectivity index (χ2n) is 5.27. The van der Waals surface area contributed by atoms with E-state index in [1.54, 1.807) is 17.4 Å². The topological polar surface area (TPSA) is 90.5 Å². The lowest BCUT2D eigenvalue weighted by Gasteiger charge is -2.16. The molecular formula is C15H19F3N4O3S. The third-order valence-electron chi connectivity index (χ3n) is 2.91. The maximum Gasteiger partial charge on any atom is 0.405 e. The number of thioether (sulfide) groups is 1. The van der Waals surface area contributed by atoms with Crippen LogP contribution in [0.4, 0.5) is 23.7 Å². The van der Waals surface area contributed by atoms with Crippen molar-refractivity contribution >= 4 is 35.3 Å². The summed E-state index contributed by atoms with van der Waals surface area (Å²) in [4.78, 5) is 37.0. The number of urea groups is 1. The number of nitrogens with one attached hydrogen (secondary N) is 3. The Balaban J connectivity index is 2.40. The molecule has 0 radical (unpaired) electrons. The van der Waals surface area contributed by atoms with E-state index in [9.17, 15) is 27.6 Å². The monoisotopic (exact) mass is 392 g/mol. The minimum Gasteiger partial charge on any atom is -0.329 e. The number of hydrogen-bond acceptors (Lipinski definition) is 5. The molecule has 1 rings (SSSR count). The molecule has 0 atom stereocenters. The van der Waals surface area contributed by atoms with Crippen LogP contribution in [0.15, 0.2) is 29.2 Å². The fourth-order valence-corrected chi connectivity index (χ4v) is 2.43. The zero-order chi connectivity index (χ0) is 19.7. The molecule has 0 heterocycles. The molecule has 11 heteroatoms. The zero-order valence-electron chi connectivity index (χ0n) is 14.1. The minimum absolute atomic E-state index is 0.139. The van der Waals surface area contributed by atoms with Crippen molar-refractivity contribution in [3.63, 3.8) is 0 Å². The molecule has 1 aromatic carbocycles. The third-order valence-corrected chi connectivity index (χ3v) is 3.71. The van der Waals surface area contributed by atoms with E-state index < -0.39 is 24.7 Å². The second-order valence-corrected chi connectivity index (χ2v) is 6.11. The molecule has 0 aliphatic carbocycles. The van der Waals surface area contributed by atoms with Crippen LogP contribution < -0.4 is 16.0 Å². The van der Waals surface area contributed by atoms with Gasteiger partial charge in [0.05, 0.1) is 18.8 Å². The summed E-state index contributed by atoms with van der Waals surface area (Å²) in [5.74, 6) is -1.20. The molecule has 0 saturated carbocycles. The van der Waals surface area contributed by atoms with Gasteiger partial charge in [-0.15, -0.1) is 11.8 Å². The number of nitrogens with zero attached hydrogens (tertiary/aromatic N) is 1. The van der Waals surface area contributed by atoms with Crippen LogP contribution >= 0.6 is 11.8 Å². The number of halogens is 3. The molecule has 0 aromatic heterocycles. The Morgan fingerprint density at radius 1 is 1.12 bits per heavy atom. The number of rotatable bonds is 7. The smallest absolute Gasteiger partial charge is 0.329 e. The summed E-state index contributed by atoms with van der Waals surface area (Å²) in [5.41, 5.74) is 0.634. The lowest BCUT2D eigenvalue weighted by molar-refractivity contribution is -0.125. The fraction of sp³-hybridized carbons (Fsp3) is 0.400. The molecule has 0 saturated heterocycles. The largest absolute Gasteiger partial charge is 0.405 e. The number of amides is 4. The fourth-order valence-electron chi connectivity index (χ4n) is 1.87. The number of carbonyl (C=O) groups excluding carboxylic acids is 3. The van der Waals surface area contributed by atoms with Crippen molar-refractivity contribution in [3.8, 4) is 0 Å². The van der Waals surface area contributed by atoms with Gasteiger partial charge in [0.25, 0.3) is 0 Å². The number of imide groups is 1. The maximum absolute atomic E-state index is 12.0. The van der Waals surface area contributed by atoms with Crippen LogP contribution in [-0.4, -0.2) is 61.9 Å². The summed E-state index contributed by atoms with van der Waals surface area (Å²) in [5, 5.41) is 5.98. The zero-order valence-corrected chi connectivity index (χ0v) is 15.0. The Hall–Kier alpha value is -2.27. The number of para-hydroxylation sites is 1. The molecule has 26 heavy (non-hydrogen) atoms.